The van der Waals surface area contributed by atoms with Crippen molar-refractivity contribution in [3.8, 4) is 0 Å². The lowest BCUT2D eigenvalue weighted by Gasteiger charge is -2.16. The van der Waals surface area contributed by atoms with Crippen LogP contribution in [0.2, 0.25) is 0 Å². The van der Waals surface area contributed by atoms with Crippen LogP contribution in [0.15, 0.2) is 30.5 Å². The second-order valence-corrected chi connectivity index (χ2v) is 6.35. The lowest BCUT2D eigenvalue weighted by Crippen LogP contribution is -2.41. The number of pyridine rings is 1. The van der Waals surface area contributed by atoms with Crippen molar-refractivity contribution in [3.63, 3.8) is 0 Å². The highest BCUT2D eigenvalue weighted by atomic mass is 35.5. The minimum atomic E-state index is -0.0206. The molecule has 0 aliphatic heterocycles. The molecule has 2 aromatic rings. The smallest absolute Gasteiger partial charge is 0.253 e. The van der Waals surface area contributed by atoms with E-state index >= 15 is 0 Å². The second kappa shape index (κ2) is 9.22. The zero-order chi connectivity index (χ0) is 16.4. The molecule has 2 aromatic heterocycles. The first kappa shape index (κ1) is 21.5. The normalized spacial score (nSPS) is 14.2. The van der Waals surface area contributed by atoms with Gasteiger partial charge in [0.2, 0.25) is 0 Å². The van der Waals surface area contributed by atoms with Crippen molar-refractivity contribution < 1.29 is 4.79 Å². The average Bonchev–Trinajstić information content (AvgIpc) is 3.36. The molecule has 0 bridgehead atoms. The van der Waals surface area contributed by atoms with Crippen molar-refractivity contribution in [2.24, 2.45) is 11.7 Å². The number of carbonyl (C=O) groups excluding carboxylic acids is 1. The van der Waals surface area contributed by atoms with Crippen LogP contribution in [0.1, 0.15) is 40.3 Å². The molecule has 3 N–H and O–H groups in total. The molecule has 5 nitrogen and oxygen atoms in total. The molecule has 0 aromatic carbocycles. The third kappa shape index (κ3) is 4.97. The van der Waals surface area contributed by atoms with Crippen LogP contribution in [0, 0.1) is 19.8 Å². The quantitative estimate of drug-likeness (QED) is 0.803. The molecule has 138 valence electrons. The molecule has 1 saturated carbocycles. The first-order chi connectivity index (χ1) is 11.1. The molecule has 3 rings (SSSR count). The first-order valence-electron chi connectivity index (χ1n) is 8.17. The third-order valence-corrected chi connectivity index (χ3v) is 4.63. The van der Waals surface area contributed by atoms with Gasteiger partial charge in [0.05, 0.1) is 17.8 Å². The Morgan fingerprint density at radius 1 is 1.36 bits per heavy atom. The maximum Gasteiger partial charge on any atom is 0.253 e. The minimum absolute atomic E-state index is 0. The predicted octanol–water partition coefficient (Wildman–Crippen LogP) is 2.86. The summed E-state index contributed by atoms with van der Waals surface area (Å²) in [6.07, 6.45) is 4.13. The molecular formula is C18H26Cl2N4O. The van der Waals surface area contributed by atoms with Crippen LogP contribution in [-0.4, -0.2) is 28.0 Å². The summed E-state index contributed by atoms with van der Waals surface area (Å²) in [6, 6.07) is 7.93. The van der Waals surface area contributed by atoms with Crippen LogP contribution < -0.4 is 11.1 Å². The molecule has 1 fully saturated rings. The number of rotatable bonds is 6. The Morgan fingerprint density at radius 2 is 2.08 bits per heavy atom. The molecular weight excluding hydrogens is 359 g/mol. The third-order valence-electron chi connectivity index (χ3n) is 4.63. The van der Waals surface area contributed by atoms with E-state index in [9.17, 15) is 4.79 Å². The molecule has 2 heterocycles. The number of carbonyl (C=O) groups is 1. The van der Waals surface area contributed by atoms with Crippen molar-refractivity contribution in [3.05, 3.63) is 53.1 Å². The van der Waals surface area contributed by atoms with Gasteiger partial charge in [-0.3, -0.25) is 9.78 Å². The fourth-order valence-corrected chi connectivity index (χ4v) is 3.04. The van der Waals surface area contributed by atoms with Gasteiger partial charge in [0.25, 0.3) is 5.91 Å². The summed E-state index contributed by atoms with van der Waals surface area (Å²) < 4.78 is 2.13. The average molecular weight is 385 g/mol. The van der Waals surface area contributed by atoms with E-state index in [0.29, 0.717) is 19.0 Å². The summed E-state index contributed by atoms with van der Waals surface area (Å²) in [5, 5.41) is 3.10. The first-order valence-corrected chi connectivity index (χ1v) is 8.17. The molecule has 0 saturated heterocycles. The number of amides is 1. The number of hydrogen-bond donors (Lipinski definition) is 2. The molecule has 25 heavy (non-hydrogen) atoms. The number of nitrogens with one attached hydrogen (secondary N) is 1. The van der Waals surface area contributed by atoms with Crippen LogP contribution in [0.25, 0.3) is 0 Å². The second-order valence-electron chi connectivity index (χ2n) is 6.35. The van der Waals surface area contributed by atoms with Crippen molar-refractivity contribution in [2.75, 3.05) is 6.54 Å². The van der Waals surface area contributed by atoms with E-state index in [4.69, 9.17) is 5.73 Å². The lowest BCUT2D eigenvalue weighted by atomic mass is 10.1. The van der Waals surface area contributed by atoms with E-state index < -0.39 is 0 Å². The van der Waals surface area contributed by atoms with Crippen LogP contribution >= 0.6 is 24.8 Å². The molecule has 1 amide bonds. The Labute approximate surface area is 161 Å². The minimum Gasteiger partial charge on any atom is -0.348 e. The maximum absolute atomic E-state index is 12.6. The topological polar surface area (TPSA) is 72.9 Å². The summed E-state index contributed by atoms with van der Waals surface area (Å²) >= 11 is 0. The van der Waals surface area contributed by atoms with Gasteiger partial charge in [0, 0.05) is 30.2 Å². The van der Waals surface area contributed by atoms with Crippen LogP contribution in [-0.2, 0) is 6.54 Å². The lowest BCUT2D eigenvalue weighted by molar-refractivity contribution is 0.0932. The van der Waals surface area contributed by atoms with Gasteiger partial charge < -0.3 is 15.6 Å². The van der Waals surface area contributed by atoms with Crippen LogP contribution in [0.4, 0.5) is 0 Å². The monoisotopic (exact) mass is 384 g/mol. The summed E-state index contributed by atoms with van der Waals surface area (Å²) in [5.74, 6) is 0.536. The van der Waals surface area contributed by atoms with E-state index in [1.54, 1.807) is 6.20 Å². The molecule has 1 atom stereocenters. The van der Waals surface area contributed by atoms with E-state index in [-0.39, 0.29) is 36.8 Å². The summed E-state index contributed by atoms with van der Waals surface area (Å²) in [7, 11) is 0. The largest absolute Gasteiger partial charge is 0.348 e. The number of hydrogen-bond acceptors (Lipinski definition) is 3. The van der Waals surface area contributed by atoms with Gasteiger partial charge in [-0.2, -0.15) is 0 Å². The molecule has 1 unspecified atom stereocenters. The van der Waals surface area contributed by atoms with Crippen LogP contribution in [0.5, 0.6) is 0 Å². The molecule has 1 aliphatic carbocycles. The van der Waals surface area contributed by atoms with Crippen LogP contribution in [0.3, 0.4) is 0 Å². The van der Waals surface area contributed by atoms with Gasteiger partial charge in [0.15, 0.2) is 0 Å². The van der Waals surface area contributed by atoms with Gasteiger partial charge in [-0.05, 0) is 50.8 Å². The summed E-state index contributed by atoms with van der Waals surface area (Å²) in [5.41, 5.74) is 9.54. The summed E-state index contributed by atoms with van der Waals surface area (Å²) in [6.45, 7) is 5.19. The highest BCUT2D eigenvalue weighted by molar-refractivity contribution is 5.96. The molecule has 0 radical (unpaired) electrons. The fourth-order valence-electron chi connectivity index (χ4n) is 3.04. The van der Waals surface area contributed by atoms with Gasteiger partial charge in [-0.15, -0.1) is 24.8 Å². The Morgan fingerprint density at radius 3 is 2.64 bits per heavy atom. The Kier molecular flexibility index (Phi) is 7.93. The SMILES string of the molecule is Cc1cc(C(=O)NC(CN)C2CC2)c(C)n1Cc1ccccn1.Cl.Cl. The zero-order valence-corrected chi connectivity index (χ0v) is 16.2. The van der Waals surface area contributed by atoms with Gasteiger partial charge in [0.1, 0.15) is 0 Å². The predicted molar refractivity (Wildman–Crippen MR) is 105 cm³/mol. The summed E-state index contributed by atoms with van der Waals surface area (Å²) in [4.78, 5) is 17.0. The Bertz CT molecular complexity index is 699. The van der Waals surface area contributed by atoms with Crippen molar-refractivity contribution in [1.82, 2.24) is 14.9 Å². The van der Waals surface area contributed by atoms with E-state index in [2.05, 4.69) is 14.9 Å². The number of nitrogens with zero attached hydrogens (tertiary/aromatic N) is 2. The maximum atomic E-state index is 12.6. The van der Waals surface area contributed by atoms with E-state index in [1.807, 2.05) is 38.1 Å². The standard InChI is InChI=1S/C18H24N4O.2ClH/c1-12-9-16(18(23)21-17(10-19)14-6-7-14)13(2)22(12)11-15-5-3-4-8-20-15;;/h3-5,8-9,14,17H,6-7,10-11,19H2,1-2H3,(H,21,23);2*1H. The Hall–Kier alpha value is -1.56. The van der Waals surface area contributed by atoms with Gasteiger partial charge in [-0.1, -0.05) is 6.07 Å². The van der Waals surface area contributed by atoms with Crippen molar-refractivity contribution in [2.45, 2.75) is 39.3 Å². The van der Waals surface area contributed by atoms with Crippen molar-refractivity contribution in [1.29, 1.82) is 0 Å². The fraction of sp³-hybridized carbons (Fsp3) is 0.444. The number of nitrogens with two attached hydrogens (primary N) is 1. The zero-order valence-electron chi connectivity index (χ0n) is 14.6. The highest BCUT2D eigenvalue weighted by Gasteiger charge is 2.32. The number of aromatic nitrogens is 2. The van der Waals surface area contributed by atoms with E-state index in [1.165, 1.54) is 12.8 Å². The van der Waals surface area contributed by atoms with Gasteiger partial charge >= 0.3 is 0 Å². The van der Waals surface area contributed by atoms with Crippen molar-refractivity contribution >= 4 is 30.7 Å². The molecule has 0 spiro atoms. The van der Waals surface area contributed by atoms with E-state index in [0.717, 1.165) is 22.6 Å². The van der Waals surface area contributed by atoms with Gasteiger partial charge in [-0.25, -0.2) is 0 Å². The number of aryl methyl sites for hydroxylation is 1. The molecule has 1 aliphatic rings. The highest BCUT2D eigenvalue weighted by Crippen LogP contribution is 2.32. The molecule has 7 heteroatoms. The number of halogens is 2. The Balaban J connectivity index is 0.00000156.